The van der Waals surface area contributed by atoms with Gasteiger partial charge in [-0.2, -0.15) is 0 Å². The maximum Gasteiger partial charge on any atom is 0.255 e. The zero-order valence-corrected chi connectivity index (χ0v) is 19.6. The number of piperidine rings is 1. The molecule has 0 spiro atoms. The summed E-state index contributed by atoms with van der Waals surface area (Å²) in [5, 5.41) is 4.17. The number of hydrogen-bond donors (Lipinski definition) is 0. The fourth-order valence-electron chi connectivity index (χ4n) is 4.88. The molecule has 162 valence electrons. The third-order valence-corrected chi connectivity index (χ3v) is 8.29. The van der Waals surface area contributed by atoms with Crippen molar-refractivity contribution in [2.75, 3.05) is 7.11 Å². The molecule has 6 nitrogen and oxygen atoms in total. The Hall–Kier alpha value is -2.16. The maximum absolute atomic E-state index is 13.1. The number of amides is 1. The van der Waals surface area contributed by atoms with Gasteiger partial charge in [0, 0.05) is 42.9 Å². The average Bonchev–Trinajstić information content (AvgIpc) is 3.43. The number of hydrogen-bond acceptors (Lipinski definition) is 7. The quantitative estimate of drug-likeness (QED) is 0.561. The van der Waals surface area contributed by atoms with Crippen molar-refractivity contribution in [3.05, 3.63) is 50.7 Å². The van der Waals surface area contributed by atoms with Crippen molar-refractivity contribution in [1.82, 2.24) is 19.9 Å². The number of rotatable bonds is 5. The number of aromatic nitrogens is 3. The minimum atomic E-state index is 0.105. The molecular formula is C23H26N4O2S2. The number of aryl methyl sites for hydroxylation is 2. The van der Waals surface area contributed by atoms with E-state index < -0.39 is 0 Å². The van der Waals surface area contributed by atoms with Crippen LogP contribution < -0.4 is 0 Å². The van der Waals surface area contributed by atoms with Crippen molar-refractivity contribution in [2.45, 2.75) is 64.1 Å². The van der Waals surface area contributed by atoms with Crippen molar-refractivity contribution in [3.8, 4) is 10.6 Å². The smallest absolute Gasteiger partial charge is 0.255 e. The highest BCUT2D eigenvalue weighted by atomic mass is 32.1. The molecule has 3 aromatic rings. The van der Waals surface area contributed by atoms with E-state index in [9.17, 15) is 4.79 Å². The number of carbonyl (C=O) groups is 1. The van der Waals surface area contributed by atoms with Crippen LogP contribution in [0.3, 0.4) is 0 Å². The first kappa shape index (κ1) is 20.7. The van der Waals surface area contributed by atoms with E-state index in [1.165, 1.54) is 0 Å². The topological polar surface area (TPSA) is 68.2 Å². The van der Waals surface area contributed by atoms with Crippen LogP contribution in [0, 0.1) is 13.8 Å². The molecule has 0 aromatic carbocycles. The fourth-order valence-corrected chi connectivity index (χ4v) is 6.63. The summed E-state index contributed by atoms with van der Waals surface area (Å²) in [6, 6.07) is 4.46. The van der Waals surface area contributed by atoms with Gasteiger partial charge >= 0.3 is 0 Å². The van der Waals surface area contributed by atoms with Gasteiger partial charge < -0.3 is 9.64 Å². The Labute approximate surface area is 190 Å². The largest absolute Gasteiger partial charge is 0.381 e. The summed E-state index contributed by atoms with van der Waals surface area (Å²) < 4.78 is 5.56. The van der Waals surface area contributed by atoms with Gasteiger partial charge in [-0.3, -0.25) is 9.78 Å². The highest BCUT2D eigenvalue weighted by Gasteiger charge is 2.43. The zero-order valence-electron chi connectivity index (χ0n) is 18.0. The molecule has 31 heavy (non-hydrogen) atoms. The van der Waals surface area contributed by atoms with E-state index in [-0.39, 0.29) is 12.0 Å². The molecule has 2 aliphatic heterocycles. The fraction of sp³-hybridized carbons (Fsp3) is 0.478. The van der Waals surface area contributed by atoms with Gasteiger partial charge in [0.1, 0.15) is 0 Å². The highest BCUT2D eigenvalue weighted by Crippen LogP contribution is 2.37. The molecule has 1 unspecified atom stereocenters. The molecule has 2 saturated heterocycles. The second-order valence-electron chi connectivity index (χ2n) is 8.42. The predicted octanol–water partition coefficient (Wildman–Crippen LogP) is 4.65. The van der Waals surface area contributed by atoms with E-state index in [0.717, 1.165) is 57.7 Å². The first-order valence-electron chi connectivity index (χ1n) is 10.7. The lowest BCUT2D eigenvalue weighted by atomic mass is 9.98. The van der Waals surface area contributed by atoms with Gasteiger partial charge in [-0.25, -0.2) is 9.97 Å². The lowest BCUT2D eigenvalue weighted by Crippen LogP contribution is -2.48. The van der Waals surface area contributed by atoms with Gasteiger partial charge in [-0.15, -0.1) is 22.7 Å². The summed E-state index contributed by atoms with van der Waals surface area (Å²) in [5.41, 5.74) is 3.62. The standard InChI is InChI=1S/C23H26N4O2S2/c1-13-22(31-14(2)25-13)20-12-30-21(26-20)8-16-5-4-15(11-24-16)23(28)27-17-6-7-18(27)10-19(9-17)29-3/h4-5,11-12,17-19H,6-10H2,1-3H3/t17-,18+,19?. The number of ether oxygens (including phenoxy) is 1. The number of fused-ring (bicyclic) bond motifs is 2. The summed E-state index contributed by atoms with van der Waals surface area (Å²) in [6.45, 7) is 4.05. The molecule has 2 fully saturated rings. The van der Waals surface area contributed by atoms with Gasteiger partial charge in [-0.1, -0.05) is 0 Å². The van der Waals surface area contributed by atoms with Crippen molar-refractivity contribution in [2.24, 2.45) is 0 Å². The predicted molar refractivity (Wildman–Crippen MR) is 123 cm³/mol. The number of methoxy groups -OCH3 is 1. The third kappa shape index (κ3) is 4.04. The van der Waals surface area contributed by atoms with Crippen LogP contribution in [0.1, 0.15) is 57.4 Å². The van der Waals surface area contributed by atoms with E-state index in [0.29, 0.717) is 24.1 Å². The molecule has 5 rings (SSSR count). The zero-order chi connectivity index (χ0) is 21.5. The van der Waals surface area contributed by atoms with Gasteiger partial charge in [0.25, 0.3) is 5.91 Å². The van der Waals surface area contributed by atoms with Crippen molar-refractivity contribution < 1.29 is 9.53 Å². The minimum absolute atomic E-state index is 0.105. The Morgan fingerprint density at radius 2 is 1.97 bits per heavy atom. The molecular weight excluding hydrogens is 428 g/mol. The Morgan fingerprint density at radius 1 is 1.19 bits per heavy atom. The van der Waals surface area contributed by atoms with Crippen LogP contribution in [0.25, 0.3) is 10.6 Å². The highest BCUT2D eigenvalue weighted by molar-refractivity contribution is 7.15. The van der Waals surface area contributed by atoms with Gasteiger partial charge in [0.2, 0.25) is 0 Å². The summed E-state index contributed by atoms with van der Waals surface area (Å²) >= 11 is 3.32. The van der Waals surface area contributed by atoms with Crippen LogP contribution in [-0.2, 0) is 11.2 Å². The Morgan fingerprint density at radius 3 is 2.58 bits per heavy atom. The van der Waals surface area contributed by atoms with E-state index in [1.807, 2.05) is 26.0 Å². The van der Waals surface area contributed by atoms with Crippen LogP contribution in [0.4, 0.5) is 0 Å². The lowest BCUT2D eigenvalue weighted by Gasteiger charge is -2.38. The van der Waals surface area contributed by atoms with Gasteiger partial charge in [0.05, 0.1) is 37.9 Å². The average molecular weight is 455 g/mol. The molecule has 8 heteroatoms. The Balaban J connectivity index is 1.27. The maximum atomic E-state index is 13.1. The van der Waals surface area contributed by atoms with Gasteiger partial charge in [-0.05, 0) is 51.7 Å². The summed E-state index contributed by atoms with van der Waals surface area (Å²) in [4.78, 5) is 30.2. The van der Waals surface area contributed by atoms with Crippen molar-refractivity contribution >= 4 is 28.6 Å². The van der Waals surface area contributed by atoms with Crippen molar-refractivity contribution in [3.63, 3.8) is 0 Å². The van der Waals surface area contributed by atoms with E-state index >= 15 is 0 Å². The van der Waals surface area contributed by atoms with E-state index in [2.05, 4.69) is 20.2 Å². The summed E-state index contributed by atoms with van der Waals surface area (Å²) in [5.74, 6) is 0.105. The number of pyridine rings is 1. The van der Waals surface area contributed by atoms with E-state index in [4.69, 9.17) is 9.72 Å². The van der Waals surface area contributed by atoms with E-state index in [1.54, 1.807) is 36.0 Å². The molecule has 0 saturated carbocycles. The number of nitrogens with zero attached hydrogens (tertiary/aromatic N) is 4. The monoisotopic (exact) mass is 454 g/mol. The normalized spacial score (nSPS) is 22.8. The number of carbonyl (C=O) groups excluding carboxylic acids is 1. The molecule has 2 bridgehead atoms. The summed E-state index contributed by atoms with van der Waals surface area (Å²) in [7, 11) is 1.77. The molecule has 2 aliphatic rings. The molecule has 0 aliphatic carbocycles. The Kier molecular flexibility index (Phi) is 5.62. The number of thiazole rings is 2. The molecule has 3 aromatic heterocycles. The van der Waals surface area contributed by atoms with Crippen LogP contribution in [0.2, 0.25) is 0 Å². The first-order valence-corrected chi connectivity index (χ1v) is 12.4. The van der Waals surface area contributed by atoms with Crippen LogP contribution in [-0.4, -0.2) is 51.1 Å². The second-order valence-corrected chi connectivity index (χ2v) is 10.6. The lowest BCUT2D eigenvalue weighted by molar-refractivity contribution is 0.00820. The van der Waals surface area contributed by atoms with Crippen molar-refractivity contribution in [1.29, 1.82) is 0 Å². The van der Waals surface area contributed by atoms with Crippen LogP contribution in [0.15, 0.2) is 23.7 Å². The van der Waals surface area contributed by atoms with Crippen LogP contribution >= 0.6 is 22.7 Å². The molecule has 3 atom stereocenters. The Bertz CT molecular complexity index is 1080. The summed E-state index contributed by atoms with van der Waals surface area (Å²) in [6.07, 6.45) is 6.71. The van der Waals surface area contributed by atoms with Gasteiger partial charge in [0.15, 0.2) is 0 Å². The molecule has 5 heterocycles. The SMILES string of the molecule is COC1C[C@H]2CC[C@@H](C1)N2C(=O)c1ccc(Cc2nc(-c3sc(C)nc3C)cs2)nc1. The third-order valence-electron chi connectivity index (χ3n) is 6.35. The molecule has 0 N–H and O–H groups in total. The first-order chi connectivity index (χ1) is 15.0. The molecule has 1 amide bonds. The second kappa shape index (κ2) is 8.41. The minimum Gasteiger partial charge on any atom is -0.381 e. The molecule has 0 radical (unpaired) electrons. The van der Waals surface area contributed by atoms with Crippen LogP contribution in [0.5, 0.6) is 0 Å².